The number of nitrogens with zero attached hydrogens (tertiary/aromatic N) is 5. The quantitative estimate of drug-likeness (QED) is 0.726. The predicted octanol–water partition coefficient (Wildman–Crippen LogP) is 2.58. The largest absolute Gasteiger partial charge is 0.313 e. The molecule has 0 spiro atoms. The summed E-state index contributed by atoms with van der Waals surface area (Å²) in [5, 5.41) is 4.13. The van der Waals surface area contributed by atoms with E-state index in [1.807, 2.05) is 6.92 Å². The Morgan fingerprint density at radius 3 is 2.89 bits per heavy atom. The van der Waals surface area contributed by atoms with Crippen LogP contribution in [0.5, 0.6) is 0 Å². The van der Waals surface area contributed by atoms with Crippen molar-refractivity contribution < 1.29 is 0 Å². The van der Waals surface area contributed by atoms with Gasteiger partial charge in [0.05, 0.1) is 5.52 Å². The maximum Gasteiger partial charge on any atom is 0.208 e. The Hall–Kier alpha value is -1.86. The van der Waals surface area contributed by atoms with Crippen LogP contribution in [-0.4, -0.2) is 24.3 Å². The highest BCUT2D eigenvalue weighted by Crippen LogP contribution is 2.23. The van der Waals surface area contributed by atoms with E-state index in [9.17, 15) is 0 Å². The van der Waals surface area contributed by atoms with Crippen LogP contribution < -0.4 is 5.32 Å². The summed E-state index contributed by atoms with van der Waals surface area (Å²) >= 11 is 7.14. The highest BCUT2D eigenvalue weighted by molar-refractivity contribution is 7.09. The number of aryl methyl sites for hydroxylation is 1. The molecule has 3 heterocycles. The number of anilines is 2. The second kappa shape index (κ2) is 4.43. The molecule has 0 aliphatic carbocycles. The molecule has 1 N–H and O–H groups in total. The molecule has 8 heteroatoms. The summed E-state index contributed by atoms with van der Waals surface area (Å²) in [5.41, 5.74) is 1.33. The van der Waals surface area contributed by atoms with Gasteiger partial charge in [0.2, 0.25) is 5.13 Å². The lowest BCUT2D eigenvalue weighted by molar-refractivity contribution is 1.15. The van der Waals surface area contributed by atoms with E-state index in [2.05, 4.69) is 29.6 Å². The van der Waals surface area contributed by atoms with E-state index in [1.54, 1.807) is 12.1 Å². The van der Waals surface area contributed by atoms with Gasteiger partial charge < -0.3 is 5.32 Å². The molecule has 90 valence electrons. The van der Waals surface area contributed by atoms with Gasteiger partial charge in [-0.15, -0.1) is 0 Å². The Kier molecular flexibility index (Phi) is 2.77. The van der Waals surface area contributed by atoms with E-state index in [-0.39, 0.29) is 0 Å². The molecule has 0 unspecified atom stereocenters. The summed E-state index contributed by atoms with van der Waals surface area (Å²) in [6.45, 7) is 1.83. The van der Waals surface area contributed by atoms with Gasteiger partial charge in [-0.2, -0.15) is 4.37 Å². The fourth-order valence-corrected chi connectivity index (χ4v) is 2.18. The van der Waals surface area contributed by atoms with Crippen molar-refractivity contribution in [1.82, 2.24) is 24.3 Å². The first-order valence-corrected chi connectivity index (χ1v) is 6.22. The van der Waals surface area contributed by atoms with Crippen LogP contribution in [-0.2, 0) is 0 Å². The standard InChI is InChI=1S/C10H7ClN6S/c1-5-14-10(18-17-5)16-9-8-6(12-4-13-9)2-3-7(11)15-8/h2-4H,1H3,(H,12,13,14,16,17). The third kappa shape index (κ3) is 2.09. The predicted molar refractivity (Wildman–Crippen MR) is 70.3 cm³/mol. The normalized spacial score (nSPS) is 10.8. The molecule has 3 rings (SSSR count). The zero-order chi connectivity index (χ0) is 12.5. The fourth-order valence-electron chi connectivity index (χ4n) is 1.46. The van der Waals surface area contributed by atoms with Gasteiger partial charge in [-0.1, -0.05) is 11.6 Å². The zero-order valence-corrected chi connectivity index (χ0v) is 10.8. The topological polar surface area (TPSA) is 76.5 Å². The lowest BCUT2D eigenvalue weighted by Gasteiger charge is -2.04. The number of nitrogens with one attached hydrogen (secondary N) is 1. The van der Waals surface area contributed by atoms with Crippen LogP contribution in [0.2, 0.25) is 5.15 Å². The lowest BCUT2D eigenvalue weighted by atomic mass is 10.3. The molecule has 0 aromatic carbocycles. The van der Waals surface area contributed by atoms with Crippen molar-refractivity contribution in [2.45, 2.75) is 6.92 Å². The Morgan fingerprint density at radius 1 is 1.22 bits per heavy atom. The summed E-state index contributed by atoms with van der Waals surface area (Å²) in [4.78, 5) is 16.7. The highest BCUT2D eigenvalue weighted by Gasteiger charge is 2.08. The SMILES string of the molecule is Cc1nsc(Nc2ncnc3ccc(Cl)nc23)n1. The molecular formula is C10H7ClN6S. The number of hydrogen-bond donors (Lipinski definition) is 1. The van der Waals surface area contributed by atoms with E-state index in [4.69, 9.17) is 11.6 Å². The molecule has 0 radical (unpaired) electrons. The number of halogens is 1. The minimum Gasteiger partial charge on any atom is -0.313 e. The molecule has 0 fully saturated rings. The first-order valence-electron chi connectivity index (χ1n) is 5.07. The summed E-state index contributed by atoms with van der Waals surface area (Å²) in [6.07, 6.45) is 1.47. The summed E-state index contributed by atoms with van der Waals surface area (Å²) in [5.74, 6) is 1.28. The molecule has 0 atom stereocenters. The van der Waals surface area contributed by atoms with Crippen molar-refractivity contribution in [3.05, 3.63) is 29.4 Å². The summed E-state index contributed by atoms with van der Waals surface area (Å²) in [7, 11) is 0. The molecule has 0 saturated heterocycles. The number of hydrogen-bond acceptors (Lipinski definition) is 7. The maximum atomic E-state index is 5.88. The van der Waals surface area contributed by atoms with Crippen LogP contribution in [0, 0.1) is 6.92 Å². The highest BCUT2D eigenvalue weighted by atomic mass is 35.5. The summed E-state index contributed by atoms with van der Waals surface area (Å²) < 4.78 is 4.09. The van der Waals surface area contributed by atoms with Crippen molar-refractivity contribution >= 4 is 45.1 Å². The van der Waals surface area contributed by atoms with E-state index in [0.29, 0.717) is 27.4 Å². The number of fused-ring (bicyclic) bond motifs is 1. The minimum atomic E-state index is 0.397. The Balaban J connectivity index is 2.08. The van der Waals surface area contributed by atoms with E-state index in [1.165, 1.54) is 17.9 Å². The van der Waals surface area contributed by atoms with Crippen molar-refractivity contribution in [2.24, 2.45) is 0 Å². The van der Waals surface area contributed by atoms with Crippen LogP contribution >= 0.6 is 23.1 Å². The van der Waals surface area contributed by atoms with Gasteiger partial charge in [-0.25, -0.2) is 19.9 Å². The Labute approximate surface area is 111 Å². The van der Waals surface area contributed by atoms with Crippen molar-refractivity contribution in [3.8, 4) is 0 Å². The third-order valence-corrected chi connectivity index (χ3v) is 3.13. The van der Waals surface area contributed by atoms with Crippen LogP contribution in [0.4, 0.5) is 10.9 Å². The van der Waals surface area contributed by atoms with Gasteiger partial charge in [-0.05, 0) is 19.1 Å². The molecule has 0 aliphatic heterocycles. The minimum absolute atomic E-state index is 0.397. The molecule has 6 nitrogen and oxygen atoms in total. The molecule has 0 bridgehead atoms. The average molecular weight is 279 g/mol. The van der Waals surface area contributed by atoms with Crippen LogP contribution in [0.3, 0.4) is 0 Å². The number of aromatic nitrogens is 5. The van der Waals surface area contributed by atoms with Crippen molar-refractivity contribution in [3.63, 3.8) is 0 Å². The van der Waals surface area contributed by atoms with Crippen LogP contribution in [0.25, 0.3) is 11.0 Å². The monoisotopic (exact) mass is 278 g/mol. The van der Waals surface area contributed by atoms with E-state index < -0.39 is 0 Å². The molecule has 3 aromatic heterocycles. The van der Waals surface area contributed by atoms with E-state index in [0.717, 1.165) is 5.52 Å². The first-order chi connectivity index (χ1) is 8.72. The van der Waals surface area contributed by atoms with Crippen LogP contribution in [0.15, 0.2) is 18.5 Å². The van der Waals surface area contributed by atoms with Gasteiger partial charge in [0.1, 0.15) is 22.8 Å². The smallest absolute Gasteiger partial charge is 0.208 e. The first kappa shape index (κ1) is 11.2. The molecule has 0 aliphatic rings. The number of rotatable bonds is 2. The molecule has 18 heavy (non-hydrogen) atoms. The third-order valence-electron chi connectivity index (χ3n) is 2.20. The zero-order valence-electron chi connectivity index (χ0n) is 9.25. The van der Waals surface area contributed by atoms with Crippen LogP contribution in [0.1, 0.15) is 5.82 Å². The van der Waals surface area contributed by atoms with E-state index >= 15 is 0 Å². The molecular weight excluding hydrogens is 272 g/mol. The number of pyridine rings is 1. The second-order valence-electron chi connectivity index (χ2n) is 3.50. The maximum absolute atomic E-state index is 5.88. The molecule has 3 aromatic rings. The Bertz CT molecular complexity index is 712. The second-order valence-corrected chi connectivity index (χ2v) is 4.63. The lowest BCUT2D eigenvalue weighted by Crippen LogP contribution is -1.97. The molecule has 0 saturated carbocycles. The fraction of sp³-hybridized carbons (Fsp3) is 0.100. The van der Waals surface area contributed by atoms with Crippen molar-refractivity contribution in [1.29, 1.82) is 0 Å². The van der Waals surface area contributed by atoms with Gasteiger partial charge in [0.25, 0.3) is 0 Å². The van der Waals surface area contributed by atoms with Gasteiger partial charge >= 0.3 is 0 Å². The van der Waals surface area contributed by atoms with Crippen molar-refractivity contribution in [2.75, 3.05) is 5.32 Å². The van der Waals surface area contributed by atoms with Gasteiger partial charge in [0.15, 0.2) is 5.82 Å². The summed E-state index contributed by atoms with van der Waals surface area (Å²) in [6, 6.07) is 3.48. The van der Waals surface area contributed by atoms with Gasteiger partial charge in [0, 0.05) is 11.5 Å². The molecule has 0 amide bonds. The van der Waals surface area contributed by atoms with Gasteiger partial charge in [-0.3, -0.25) is 0 Å². The average Bonchev–Trinajstić information content (AvgIpc) is 2.76. The Morgan fingerprint density at radius 2 is 2.11 bits per heavy atom.